The summed E-state index contributed by atoms with van der Waals surface area (Å²) in [6.45, 7) is 6.16. The van der Waals surface area contributed by atoms with Crippen molar-refractivity contribution in [1.82, 2.24) is 10.2 Å². The van der Waals surface area contributed by atoms with Crippen LogP contribution < -0.4 is 20.7 Å². The summed E-state index contributed by atoms with van der Waals surface area (Å²) >= 11 is 0. The summed E-state index contributed by atoms with van der Waals surface area (Å²) in [5.41, 5.74) is 2.98. The number of hydrogen-bond donors (Lipinski definition) is 4. The lowest BCUT2D eigenvalue weighted by atomic mass is 9.95. The minimum atomic E-state index is -0.775. The molecule has 0 radical (unpaired) electrons. The number of carbonyl (C=O) groups excluding carboxylic acids is 2. The minimum Gasteiger partial charge on any atom is -0.495 e. The van der Waals surface area contributed by atoms with Gasteiger partial charge in [0.15, 0.2) is 0 Å². The Balaban J connectivity index is 1.46. The van der Waals surface area contributed by atoms with Crippen molar-refractivity contribution in [3.63, 3.8) is 0 Å². The summed E-state index contributed by atoms with van der Waals surface area (Å²) < 4.78 is 5.44. The van der Waals surface area contributed by atoms with E-state index in [1.54, 1.807) is 18.2 Å². The number of carboxylic acid groups (broad SMARTS) is 1. The number of urea groups is 1. The second-order valence-electron chi connectivity index (χ2n) is 9.34. The number of benzene rings is 2. The third-order valence-corrected chi connectivity index (χ3v) is 6.60. The molecule has 0 aromatic heterocycles. The molecular formula is C27H36N4O5. The zero-order chi connectivity index (χ0) is 26.1. The third-order valence-electron chi connectivity index (χ3n) is 6.60. The Morgan fingerprint density at radius 3 is 2.44 bits per heavy atom. The van der Waals surface area contributed by atoms with Gasteiger partial charge in [0, 0.05) is 18.3 Å². The number of aliphatic carboxylic acids is 1. The number of nitrogens with zero attached hydrogens (tertiary/aromatic N) is 1. The molecule has 3 amide bonds. The van der Waals surface area contributed by atoms with Crippen LogP contribution in [0.1, 0.15) is 37.3 Å². The van der Waals surface area contributed by atoms with Gasteiger partial charge in [-0.2, -0.15) is 0 Å². The minimum absolute atomic E-state index is 0.0269. The number of carbonyl (C=O) groups is 3. The van der Waals surface area contributed by atoms with Crippen molar-refractivity contribution < 1.29 is 24.2 Å². The van der Waals surface area contributed by atoms with Crippen LogP contribution in [0.5, 0.6) is 5.75 Å². The molecule has 3 rings (SSSR count). The van der Waals surface area contributed by atoms with E-state index >= 15 is 0 Å². The number of amides is 3. The van der Waals surface area contributed by atoms with Gasteiger partial charge in [-0.15, -0.1) is 0 Å². The Hall–Kier alpha value is -3.59. The molecule has 0 bridgehead atoms. The fourth-order valence-electron chi connectivity index (χ4n) is 4.42. The van der Waals surface area contributed by atoms with Gasteiger partial charge in [0.25, 0.3) is 0 Å². The van der Waals surface area contributed by atoms with Crippen LogP contribution in [0.3, 0.4) is 0 Å². The van der Waals surface area contributed by atoms with Crippen LogP contribution in [-0.4, -0.2) is 60.7 Å². The summed E-state index contributed by atoms with van der Waals surface area (Å²) in [4.78, 5) is 38.1. The molecule has 0 spiro atoms. The van der Waals surface area contributed by atoms with Gasteiger partial charge >= 0.3 is 12.0 Å². The molecule has 36 heavy (non-hydrogen) atoms. The fraction of sp³-hybridized carbons (Fsp3) is 0.444. The predicted molar refractivity (Wildman–Crippen MR) is 140 cm³/mol. The van der Waals surface area contributed by atoms with E-state index in [0.717, 1.165) is 42.7 Å². The lowest BCUT2D eigenvalue weighted by molar-refractivity contribution is -0.138. The van der Waals surface area contributed by atoms with Crippen molar-refractivity contribution in [3.8, 4) is 5.75 Å². The first-order valence-corrected chi connectivity index (χ1v) is 12.3. The zero-order valence-corrected chi connectivity index (χ0v) is 21.2. The van der Waals surface area contributed by atoms with Gasteiger partial charge < -0.3 is 30.7 Å². The lowest BCUT2D eigenvalue weighted by Crippen LogP contribution is -2.43. The van der Waals surface area contributed by atoms with Gasteiger partial charge in [0.1, 0.15) is 5.75 Å². The van der Waals surface area contributed by atoms with Gasteiger partial charge in [0.2, 0.25) is 5.91 Å². The van der Waals surface area contributed by atoms with E-state index in [0.29, 0.717) is 23.9 Å². The fourth-order valence-corrected chi connectivity index (χ4v) is 4.42. The molecule has 4 N–H and O–H groups in total. The zero-order valence-electron chi connectivity index (χ0n) is 21.2. The summed E-state index contributed by atoms with van der Waals surface area (Å²) in [5, 5.41) is 17.6. The number of rotatable bonds is 10. The molecule has 0 saturated carbocycles. The largest absolute Gasteiger partial charge is 0.495 e. The first kappa shape index (κ1) is 27.0. The summed E-state index contributed by atoms with van der Waals surface area (Å²) in [5.74, 6) is 0.0118. The van der Waals surface area contributed by atoms with Gasteiger partial charge in [-0.05, 0) is 75.0 Å². The van der Waals surface area contributed by atoms with E-state index in [4.69, 9.17) is 9.84 Å². The molecule has 1 aliphatic heterocycles. The number of carboxylic acids is 1. The van der Waals surface area contributed by atoms with Crippen LogP contribution in [-0.2, 0) is 16.0 Å². The maximum absolute atomic E-state index is 12.5. The Labute approximate surface area is 212 Å². The van der Waals surface area contributed by atoms with Crippen LogP contribution in [0.2, 0.25) is 0 Å². The average molecular weight is 497 g/mol. The van der Waals surface area contributed by atoms with E-state index in [1.807, 2.05) is 38.1 Å². The van der Waals surface area contributed by atoms with Crippen LogP contribution in [0.15, 0.2) is 42.5 Å². The van der Waals surface area contributed by atoms with E-state index in [2.05, 4.69) is 20.9 Å². The predicted octanol–water partition coefficient (Wildman–Crippen LogP) is 3.88. The van der Waals surface area contributed by atoms with E-state index in [-0.39, 0.29) is 30.8 Å². The van der Waals surface area contributed by atoms with Crippen molar-refractivity contribution >= 4 is 29.3 Å². The van der Waals surface area contributed by atoms with Gasteiger partial charge in [-0.3, -0.25) is 9.59 Å². The molecule has 2 aromatic carbocycles. The van der Waals surface area contributed by atoms with Crippen molar-refractivity contribution in [3.05, 3.63) is 53.6 Å². The molecular weight excluding hydrogens is 460 g/mol. The van der Waals surface area contributed by atoms with E-state index < -0.39 is 5.97 Å². The number of anilines is 2. The highest BCUT2D eigenvalue weighted by Crippen LogP contribution is 2.26. The normalized spacial score (nSPS) is 15.1. The monoisotopic (exact) mass is 496 g/mol. The second kappa shape index (κ2) is 12.9. The Morgan fingerprint density at radius 2 is 1.78 bits per heavy atom. The molecule has 1 saturated heterocycles. The van der Waals surface area contributed by atoms with Gasteiger partial charge in [-0.1, -0.05) is 24.3 Å². The van der Waals surface area contributed by atoms with Crippen LogP contribution in [0.4, 0.5) is 16.2 Å². The maximum Gasteiger partial charge on any atom is 0.323 e. The van der Waals surface area contributed by atoms with Crippen molar-refractivity contribution in [2.24, 2.45) is 5.92 Å². The highest BCUT2D eigenvalue weighted by atomic mass is 16.5. The Bertz CT molecular complexity index is 1070. The van der Waals surface area contributed by atoms with Crippen molar-refractivity contribution in [2.45, 2.75) is 45.6 Å². The van der Waals surface area contributed by atoms with Crippen LogP contribution in [0, 0.1) is 12.8 Å². The quantitative estimate of drug-likeness (QED) is 0.396. The van der Waals surface area contributed by atoms with E-state index in [9.17, 15) is 14.4 Å². The number of nitrogens with one attached hydrogen (secondary N) is 3. The first-order valence-electron chi connectivity index (χ1n) is 12.3. The molecule has 9 nitrogen and oxygen atoms in total. The summed E-state index contributed by atoms with van der Waals surface area (Å²) in [6, 6.07) is 12.4. The molecule has 2 aromatic rings. The van der Waals surface area contributed by atoms with Gasteiger partial charge in [0.05, 0.1) is 25.6 Å². The highest BCUT2D eigenvalue weighted by Gasteiger charge is 2.24. The molecule has 1 fully saturated rings. The standard InChI is InChI=1S/C27H36N4O5/c1-18-6-4-5-7-22(18)29-27(35)30-23-9-8-21(15-24(23)36-3)16-25(32)28-17-20-10-12-31(13-11-20)19(2)14-26(33)34/h4-9,15,19-20H,10-14,16-17H2,1-3H3,(H,28,32)(H,33,34)(H2,29,30,35). The Morgan fingerprint density at radius 1 is 1.08 bits per heavy atom. The Kier molecular flexibility index (Phi) is 9.69. The summed E-state index contributed by atoms with van der Waals surface area (Å²) in [7, 11) is 1.52. The average Bonchev–Trinajstić information content (AvgIpc) is 2.85. The SMILES string of the molecule is COc1cc(CC(=O)NCC2CCN(C(C)CC(=O)O)CC2)ccc1NC(=O)Nc1ccccc1C. The van der Waals surface area contributed by atoms with Gasteiger partial charge in [-0.25, -0.2) is 4.79 Å². The van der Waals surface area contributed by atoms with Crippen LogP contribution in [0.25, 0.3) is 0 Å². The lowest BCUT2D eigenvalue weighted by Gasteiger charge is -2.35. The molecule has 1 atom stereocenters. The summed E-state index contributed by atoms with van der Waals surface area (Å²) in [6.07, 6.45) is 2.23. The number of likely N-dealkylation sites (tertiary alicyclic amines) is 1. The molecule has 0 aliphatic carbocycles. The third kappa shape index (κ3) is 7.98. The molecule has 1 aliphatic rings. The number of hydrogen-bond acceptors (Lipinski definition) is 5. The second-order valence-corrected chi connectivity index (χ2v) is 9.34. The van der Waals surface area contributed by atoms with Crippen LogP contribution >= 0.6 is 0 Å². The molecule has 9 heteroatoms. The number of para-hydroxylation sites is 1. The van der Waals surface area contributed by atoms with Crippen molar-refractivity contribution in [2.75, 3.05) is 37.4 Å². The van der Waals surface area contributed by atoms with Crippen molar-refractivity contribution in [1.29, 1.82) is 0 Å². The molecule has 194 valence electrons. The first-order chi connectivity index (χ1) is 17.2. The smallest absolute Gasteiger partial charge is 0.323 e. The molecule has 1 unspecified atom stereocenters. The number of piperidine rings is 1. The number of aryl methyl sites for hydroxylation is 1. The topological polar surface area (TPSA) is 120 Å². The highest BCUT2D eigenvalue weighted by molar-refractivity contribution is 6.01. The number of ether oxygens (including phenoxy) is 1. The van der Waals surface area contributed by atoms with E-state index in [1.165, 1.54) is 7.11 Å². The molecule has 1 heterocycles. The maximum atomic E-state index is 12.5. The number of methoxy groups -OCH3 is 1.